The minimum Gasteiger partial charge on any atom is -0.739 e. The molecule has 0 aromatic rings. The molecular formula is C3H7NO5S2. The Morgan fingerprint density at radius 1 is 1.73 bits per heavy atom. The minimum atomic E-state index is -4.39. The number of carbonyl (C=O) groups is 1. The summed E-state index contributed by atoms with van der Waals surface area (Å²) in [6.07, 6.45) is 0. The first kappa shape index (κ1) is 10.7. The molecule has 66 valence electrons. The molecule has 6 nitrogen and oxygen atoms in total. The van der Waals surface area contributed by atoms with Gasteiger partial charge in [-0.15, -0.1) is 0 Å². The van der Waals surface area contributed by atoms with Gasteiger partial charge in [0.05, 0.1) is 5.75 Å². The van der Waals surface area contributed by atoms with E-state index in [9.17, 15) is 17.8 Å². The van der Waals surface area contributed by atoms with Crippen molar-refractivity contribution < 1.29 is 28.6 Å². The molecule has 0 amide bonds. The molecular weight excluding hydrogens is 194 g/mol. The lowest BCUT2D eigenvalue weighted by Gasteiger charge is -2.05. The largest absolute Gasteiger partial charge is 0.739 e. The smallest absolute Gasteiger partial charge is 0.363 e. The molecule has 0 heterocycles. The Morgan fingerprint density at radius 2 is 2.18 bits per heavy atom. The molecule has 0 aliphatic carbocycles. The number of quaternary nitrogens is 1. The van der Waals surface area contributed by atoms with Gasteiger partial charge >= 0.3 is 5.97 Å². The monoisotopic (exact) mass is 201 g/mol. The number of hydrogen-bond acceptors (Lipinski definition) is 5. The van der Waals surface area contributed by atoms with Gasteiger partial charge in [0, 0.05) is 0 Å². The van der Waals surface area contributed by atoms with Crippen LogP contribution in [-0.2, 0) is 13.9 Å². The summed E-state index contributed by atoms with van der Waals surface area (Å²) in [6, 6.07) is -1.07. The second kappa shape index (κ2) is 3.90. The van der Waals surface area contributed by atoms with E-state index < -0.39 is 21.2 Å². The van der Waals surface area contributed by atoms with Gasteiger partial charge in [-0.25, -0.2) is 13.2 Å². The molecule has 8 heteroatoms. The Hall–Kier alpha value is -0.310. The molecule has 0 spiro atoms. The molecule has 0 saturated carbocycles. The van der Waals surface area contributed by atoms with E-state index >= 15 is 0 Å². The highest BCUT2D eigenvalue weighted by molar-refractivity contribution is 8.69. The fourth-order valence-electron chi connectivity index (χ4n) is 0.237. The SMILES string of the molecule is [NH3+]C(CSS(=O)(=O)[O-])C(=O)O. The highest BCUT2D eigenvalue weighted by Gasteiger charge is 2.16. The van der Waals surface area contributed by atoms with Crippen molar-refractivity contribution in [1.29, 1.82) is 0 Å². The van der Waals surface area contributed by atoms with E-state index in [1.165, 1.54) is 0 Å². The second-order valence-corrected chi connectivity index (χ2v) is 5.05. The van der Waals surface area contributed by atoms with Crippen molar-refractivity contribution in [2.45, 2.75) is 6.04 Å². The van der Waals surface area contributed by atoms with Gasteiger partial charge in [0.2, 0.25) is 0 Å². The van der Waals surface area contributed by atoms with Crippen LogP contribution in [0.1, 0.15) is 0 Å². The highest BCUT2D eigenvalue weighted by Crippen LogP contribution is 2.08. The summed E-state index contributed by atoms with van der Waals surface area (Å²) >= 11 is 0. The highest BCUT2D eigenvalue weighted by atomic mass is 33.1. The number of rotatable bonds is 4. The molecule has 0 saturated heterocycles. The standard InChI is InChI=1S/C3H7NO5S2/c4-2(3(5)6)1-10-11(7,8)9/h2H,1,4H2,(H,5,6)(H,7,8,9). The van der Waals surface area contributed by atoms with Crippen molar-refractivity contribution in [2.24, 2.45) is 0 Å². The Bertz CT molecular complexity index is 234. The molecule has 0 aromatic carbocycles. The van der Waals surface area contributed by atoms with Crippen LogP contribution in [0.2, 0.25) is 0 Å². The summed E-state index contributed by atoms with van der Waals surface area (Å²) in [5, 5.41) is 8.21. The predicted octanol–water partition coefficient (Wildman–Crippen LogP) is -2.13. The summed E-state index contributed by atoms with van der Waals surface area (Å²) < 4.78 is 29.8. The van der Waals surface area contributed by atoms with E-state index in [2.05, 4.69) is 5.73 Å². The molecule has 0 aliphatic rings. The maximum atomic E-state index is 10.0. The lowest BCUT2D eigenvalue weighted by atomic mass is 10.4. The van der Waals surface area contributed by atoms with Crippen LogP contribution >= 0.6 is 10.8 Å². The van der Waals surface area contributed by atoms with Crippen LogP contribution in [0.5, 0.6) is 0 Å². The van der Waals surface area contributed by atoms with Gasteiger partial charge in [-0.05, 0) is 10.8 Å². The van der Waals surface area contributed by atoms with Crippen LogP contribution in [0.15, 0.2) is 0 Å². The summed E-state index contributed by atoms with van der Waals surface area (Å²) in [7, 11) is -4.35. The lowest BCUT2D eigenvalue weighted by Crippen LogP contribution is -2.66. The zero-order valence-electron chi connectivity index (χ0n) is 5.39. The maximum Gasteiger partial charge on any atom is 0.363 e. The topological polar surface area (TPSA) is 122 Å². The zero-order chi connectivity index (χ0) is 9.07. The van der Waals surface area contributed by atoms with Crippen LogP contribution in [0.25, 0.3) is 0 Å². The van der Waals surface area contributed by atoms with E-state index in [0.717, 1.165) is 0 Å². The quantitative estimate of drug-likeness (QED) is 0.396. The minimum absolute atomic E-state index is 0.0433. The molecule has 0 bridgehead atoms. The van der Waals surface area contributed by atoms with Crippen molar-refractivity contribution in [1.82, 2.24) is 0 Å². The van der Waals surface area contributed by atoms with Crippen LogP contribution in [0, 0.1) is 0 Å². The fraction of sp³-hybridized carbons (Fsp3) is 0.667. The number of carboxylic acid groups (broad SMARTS) is 1. The third-order valence-electron chi connectivity index (χ3n) is 0.763. The van der Waals surface area contributed by atoms with Gasteiger partial charge in [0.1, 0.15) is 9.15 Å². The Morgan fingerprint density at radius 3 is 2.45 bits per heavy atom. The summed E-state index contributed by atoms with van der Waals surface area (Å²) in [6.45, 7) is 0. The van der Waals surface area contributed by atoms with Gasteiger partial charge in [-0.3, -0.25) is 0 Å². The third-order valence-corrected chi connectivity index (χ3v) is 2.86. The predicted molar refractivity (Wildman–Crippen MR) is 36.5 cm³/mol. The van der Waals surface area contributed by atoms with E-state index in [1.807, 2.05) is 0 Å². The van der Waals surface area contributed by atoms with Crippen molar-refractivity contribution in [2.75, 3.05) is 5.75 Å². The zero-order valence-corrected chi connectivity index (χ0v) is 7.02. The van der Waals surface area contributed by atoms with E-state index in [1.54, 1.807) is 0 Å². The summed E-state index contributed by atoms with van der Waals surface area (Å²) in [5.41, 5.74) is 3.12. The molecule has 0 aliphatic heterocycles. The van der Waals surface area contributed by atoms with E-state index in [-0.39, 0.29) is 16.5 Å². The molecule has 1 unspecified atom stereocenters. The second-order valence-electron chi connectivity index (χ2n) is 1.73. The van der Waals surface area contributed by atoms with Crippen molar-refractivity contribution in [3.63, 3.8) is 0 Å². The molecule has 0 aromatic heterocycles. The summed E-state index contributed by atoms with van der Waals surface area (Å²) in [4.78, 5) is 10.0. The first-order valence-electron chi connectivity index (χ1n) is 2.49. The van der Waals surface area contributed by atoms with Gasteiger partial charge in [0.25, 0.3) is 0 Å². The van der Waals surface area contributed by atoms with Crippen molar-refractivity contribution >= 4 is 25.9 Å². The maximum absolute atomic E-state index is 10.0. The number of hydrogen-bond donors (Lipinski definition) is 2. The molecule has 0 rings (SSSR count). The van der Waals surface area contributed by atoms with E-state index in [4.69, 9.17) is 5.11 Å². The van der Waals surface area contributed by atoms with Gasteiger partial charge in [-0.2, -0.15) is 0 Å². The Labute approximate surface area is 66.9 Å². The average molecular weight is 201 g/mol. The van der Waals surface area contributed by atoms with Crippen LogP contribution in [0.4, 0.5) is 0 Å². The number of aliphatic carboxylic acids is 1. The molecule has 11 heavy (non-hydrogen) atoms. The first-order chi connectivity index (χ1) is 4.83. The van der Waals surface area contributed by atoms with Gasteiger partial charge in [0.15, 0.2) is 6.04 Å². The number of carboxylic acids is 1. The van der Waals surface area contributed by atoms with Crippen LogP contribution in [-0.4, -0.2) is 35.8 Å². The van der Waals surface area contributed by atoms with Crippen molar-refractivity contribution in [3.05, 3.63) is 0 Å². The van der Waals surface area contributed by atoms with Crippen LogP contribution < -0.4 is 5.73 Å². The van der Waals surface area contributed by atoms with Gasteiger partial charge < -0.3 is 15.4 Å². The third kappa shape index (κ3) is 6.10. The average Bonchev–Trinajstić information content (AvgIpc) is 1.80. The molecule has 4 N–H and O–H groups in total. The van der Waals surface area contributed by atoms with E-state index in [0.29, 0.717) is 0 Å². The molecule has 1 atom stereocenters. The van der Waals surface area contributed by atoms with Crippen molar-refractivity contribution in [3.8, 4) is 0 Å². The Kier molecular flexibility index (Phi) is 3.79. The normalized spacial score (nSPS) is 14.4. The molecule has 0 fully saturated rings. The van der Waals surface area contributed by atoms with Gasteiger partial charge in [-0.1, -0.05) is 0 Å². The fourth-order valence-corrected chi connectivity index (χ4v) is 1.70. The Balaban J connectivity index is 3.82. The lowest BCUT2D eigenvalue weighted by molar-refractivity contribution is -0.400. The molecule has 0 radical (unpaired) electrons. The van der Waals surface area contributed by atoms with Crippen LogP contribution in [0.3, 0.4) is 0 Å². The summed E-state index contributed by atoms with van der Waals surface area (Å²) in [5.74, 6) is -1.54. The first-order valence-corrected chi connectivity index (χ1v) is 5.40.